The number of aromatic nitrogens is 2. The van der Waals surface area contributed by atoms with Crippen molar-refractivity contribution in [2.45, 2.75) is 13.3 Å². The largest absolute Gasteiger partial charge is 0.497 e. The summed E-state index contributed by atoms with van der Waals surface area (Å²) in [5, 5.41) is 0. The van der Waals surface area contributed by atoms with Crippen LogP contribution in [0.5, 0.6) is 5.75 Å². The van der Waals surface area contributed by atoms with Gasteiger partial charge < -0.3 is 15.0 Å². The molecule has 0 aliphatic rings. The van der Waals surface area contributed by atoms with Crippen LogP contribution < -0.4 is 10.5 Å². The highest BCUT2D eigenvalue weighted by molar-refractivity contribution is 7.80. The normalized spacial score (nSPS) is 10.3. The van der Waals surface area contributed by atoms with Crippen molar-refractivity contribution in [3.05, 3.63) is 42.0 Å². The van der Waals surface area contributed by atoms with E-state index in [0.717, 1.165) is 29.2 Å². The van der Waals surface area contributed by atoms with Crippen LogP contribution in [0.25, 0.3) is 5.69 Å². The highest BCUT2D eigenvalue weighted by atomic mass is 32.1. The summed E-state index contributed by atoms with van der Waals surface area (Å²) in [6.45, 7) is 2.06. The van der Waals surface area contributed by atoms with Crippen molar-refractivity contribution >= 4 is 17.2 Å². The Hall–Kier alpha value is -1.88. The lowest BCUT2D eigenvalue weighted by molar-refractivity contribution is 0.414. The zero-order valence-corrected chi connectivity index (χ0v) is 11.2. The Kier molecular flexibility index (Phi) is 3.62. The van der Waals surface area contributed by atoms with Crippen LogP contribution in [-0.2, 0) is 6.42 Å². The SMILES string of the molecule is CCc1nccn1-c1cc(OC)ccc1C(N)=S. The number of methoxy groups -OCH3 is 1. The summed E-state index contributed by atoms with van der Waals surface area (Å²) in [6.07, 6.45) is 4.50. The molecule has 94 valence electrons. The van der Waals surface area contributed by atoms with Crippen LogP contribution in [0.1, 0.15) is 18.3 Å². The number of nitrogens with two attached hydrogens (primary N) is 1. The van der Waals surface area contributed by atoms with E-state index >= 15 is 0 Å². The Bertz CT molecular complexity index is 577. The lowest BCUT2D eigenvalue weighted by Crippen LogP contribution is -2.14. The van der Waals surface area contributed by atoms with Gasteiger partial charge in [-0.05, 0) is 12.1 Å². The van der Waals surface area contributed by atoms with Gasteiger partial charge in [0, 0.05) is 30.4 Å². The van der Waals surface area contributed by atoms with E-state index in [-0.39, 0.29) is 0 Å². The third-order valence-electron chi connectivity index (χ3n) is 2.76. The van der Waals surface area contributed by atoms with Gasteiger partial charge in [-0.15, -0.1) is 0 Å². The third-order valence-corrected chi connectivity index (χ3v) is 2.98. The van der Waals surface area contributed by atoms with Crippen molar-refractivity contribution in [2.75, 3.05) is 7.11 Å². The summed E-state index contributed by atoms with van der Waals surface area (Å²) in [7, 11) is 1.63. The lowest BCUT2D eigenvalue weighted by Gasteiger charge is -2.13. The molecule has 0 radical (unpaired) electrons. The molecule has 0 atom stereocenters. The molecule has 0 amide bonds. The molecule has 0 saturated carbocycles. The maximum absolute atomic E-state index is 5.76. The molecule has 0 aliphatic heterocycles. The molecule has 0 saturated heterocycles. The summed E-state index contributed by atoms with van der Waals surface area (Å²) >= 11 is 5.09. The molecule has 4 nitrogen and oxygen atoms in total. The van der Waals surface area contributed by atoms with Gasteiger partial charge in [0.1, 0.15) is 16.6 Å². The van der Waals surface area contributed by atoms with Crippen molar-refractivity contribution in [3.63, 3.8) is 0 Å². The first kappa shape index (κ1) is 12.6. The summed E-state index contributed by atoms with van der Waals surface area (Å²) in [5.74, 6) is 1.72. The summed E-state index contributed by atoms with van der Waals surface area (Å²) < 4.78 is 7.23. The molecule has 0 unspecified atom stereocenters. The molecule has 1 aromatic carbocycles. The minimum atomic E-state index is 0.364. The van der Waals surface area contributed by atoms with Crippen LogP contribution in [0.2, 0.25) is 0 Å². The topological polar surface area (TPSA) is 53.1 Å². The number of hydrogen-bond donors (Lipinski definition) is 1. The molecule has 0 fully saturated rings. The highest BCUT2D eigenvalue weighted by Crippen LogP contribution is 2.22. The first-order valence-electron chi connectivity index (χ1n) is 5.67. The monoisotopic (exact) mass is 261 g/mol. The minimum absolute atomic E-state index is 0.364. The van der Waals surface area contributed by atoms with E-state index in [1.807, 2.05) is 29.0 Å². The number of thiocarbonyl (C=S) groups is 1. The lowest BCUT2D eigenvalue weighted by atomic mass is 10.1. The van der Waals surface area contributed by atoms with Crippen LogP contribution in [0, 0.1) is 0 Å². The van der Waals surface area contributed by atoms with E-state index in [1.54, 1.807) is 13.3 Å². The summed E-state index contributed by atoms with van der Waals surface area (Å²) in [5.41, 5.74) is 7.48. The Labute approximate surface area is 111 Å². The molecule has 2 rings (SSSR count). The Morgan fingerprint density at radius 2 is 2.28 bits per heavy atom. The molecule has 2 aromatic rings. The van der Waals surface area contributed by atoms with Gasteiger partial charge in [-0.25, -0.2) is 4.98 Å². The Morgan fingerprint density at radius 1 is 1.50 bits per heavy atom. The molecule has 1 aromatic heterocycles. The number of rotatable bonds is 4. The Balaban J connectivity index is 2.63. The number of benzene rings is 1. The molecule has 1 heterocycles. The van der Waals surface area contributed by atoms with Gasteiger partial charge in [0.2, 0.25) is 0 Å². The maximum Gasteiger partial charge on any atom is 0.120 e. The quantitative estimate of drug-likeness (QED) is 0.856. The Morgan fingerprint density at radius 3 is 2.89 bits per heavy atom. The van der Waals surface area contributed by atoms with E-state index < -0.39 is 0 Å². The van der Waals surface area contributed by atoms with Gasteiger partial charge in [0.05, 0.1) is 12.8 Å². The first-order chi connectivity index (χ1) is 8.67. The third kappa shape index (κ3) is 2.22. The predicted octanol–water partition coefficient (Wildman–Crippen LogP) is 2.08. The van der Waals surface area contributed by atoms with Crippen LogP contribution in [0.3, 0.4) is 0 Å². The van der Waals surface area contributed by atoms with Crippen LogP contribution >= 0.6 is 12.2 Å². The number of hydrogen-bond acceptors (Lipinski definition) is 3. The number of ether oxygens (including phenoxy) is 1. The van der Waals surface area contributed by atoms with Gasteiger partial charge in [-0.3, -0.25) is 0 Å². The van der Waals surface area contributed by atoms with Crippen molar-refractivity contribution in [3.8, 4) is 11.4 Å². The fourth-order valence-electron chi connectivity index (χ4n) is 1.86. The maximum atomic E-state index is 5.76. The molecule has 5 heteroatoms. The number of nitrogens with zero attached hydrogens (tertiary/aromatic N) is 2. The number of aryl methyl sites for hydroxylation is 1. The summed E-state index contributed by atoms with van der Waals surface area (Å²) in [6, 6.07) is 5.63. The molecule has 0 aliphatic carbocycles. The average Bonchev–Trinajstić information content (AvgIpc) is 2.85. The van der Waals surface area contributed by atoms with Gasteiger partial charge in [-0.1, -0.05) is 19.1 Å². The van der Waals surface area contributed by atoms with E-state index in [0.29, 0.717) is 4.99 Å². The zero-order valence-electron chi connectivity index (χ0n) is 10.4. The molecule has 0 spiro atoms. The second-order valence-corrected chi connectivity index (χ2v) is 4.25. The van der Waals surface area contributed by atoms with E-state index in [4.69, 9.17) is 22.7 Å². The summed E-state index contributed by atoms with van der Waals surface area (Å²) in [4.78, 5) is 4.67. The predicted molar refractivity (Wildman–Crippen MR) is 75.4 cm³/mol. The molecular weight excluding hydrogens is 246 g/mol. The second-order valence-electron chi connectivity index (χ2n) is 3.81. The van der Waals surface area contributed by atoms with Crippen LogP contribution in [-0.4, -0.2) is 21.6 Å². The first-order valence-corrected chi connectivity index (χ1v) is 6.08. The van der Waals surface area contributed by atoms with E-state index in [9.17, 15) is 0 Å². The zero-order chi connectivity index (χ0) is 13.1. The van der Waals surface area contributed by atoms with E-state index in [2.05, 4.69) is 11.9 Å². The van der Waals surface area contributed by atoms with Crippen molar-refractivity contribution in [1.82, 2.24) is 9.55 Å². The second kappa shape index (κ2) is 5.18. The molecule has 18 heavy (non-hydrogen) atoms. The number of imidazole rings is 1. The standard InChI is InChI=1S/C13H15N3OS/c1-3-12-15-6-7-16(12)11-8-9(17-2)4-5-10(11)13(14)18/h4-8H,3H2,1-2H3,(H2,14,18). The van der Waals surface area contributed by atoms with Crippen molar-refractivity contribution in [2.24, 2.45) is 5.73 Å². The van der Waals surface area contributed by atoms with Gasteiger partial charge in [0.25, 0.3) is 0 Å². The van der Waals surface area contributed by atoms with Gasteiger partial charge in [0.15, 0.2) is 0 Å². The van der Waals surface area contributed by atoms with Crippen LogP contribution in [0.4, 0.5) is 0 Å². The molecule has 0 bridgehead atoms. The average molecular weight is 261 g/mol. The van der Waals surface area contributed by atoms with Gasteiger partial charge >= 0.3 is 0 Å². The smallest absolute Gasteiger partial charge is 0.120 e. The van der Waals surface area contributed by atoms with Crippen LogP contribution in [0.15, 0.2) is 30.6 Å². The highest BCUT2D eigenvalue weighted by Gasteiger charge is 2.11. The van der Waals surface area contributed by atoms with Crippen molar-refractivity contribution < 1.29 is 4.74 Å². The minimum Gasteiger partial charge on any atom is -0.497 e. The molecule has 2 N–H and O–H groups in total. The molecular formula is C13H15N3OS. The fourth-order valence-corrected chi connectivity index (χ4v) is 2.03. The van der Waals surface area contributed by atoms with Crippen molar-refractivity contribution in [1.29, 1.82) is 0 Å². The van der Waals surface area contributed by atoms with Gasteiger partial charge in [-0.2, -0.15) is 0 Å². The fraction of sp³-hybridized carbons (Fsp3) is 0.231. The van der Waals surface area contributed by atoms with E-state index in [1.165, 1.54) is 0 Å².